The molecule has 1 heterocycles. The zero-order valence-electron chi connectivity index (χ0n) is 8.06. The highest BCUT2D eigenvalue weighted by Crippen LogP contribution is 2.21. The lowest BCUT2D eigenvalue weighted by atomic mass is 9.98. The summed E-state index contributed by atoms with van der Waals surface area (Å²) in [5.74, 6) is -0.845. The monoisotopic (exact) mass is 206 g/mol. The first-order valence-electron chi connectivity index (χ1n) is 4.75. The van der Waals surface area contributed by atoms with Crippen LogP contribution in [0.15, 0.2) is 30.6 Å². The van der Waals surface area contributed by atoms with E-state index in [1.165, 1.54) is 12.3 Å². The summed E-state index contributed by atoms with van der Waals surface area (Å²) >= 11 is 0. The Balaban J connectivity index is 2.18. The SMILES string of the molecule is NC1C=CC(C(=O)c2cncc(F)c2)C1. The highest BCUT2D eigenvalue weighted by molar-refractivity contribution is 5.98. The second kappa shape index (κ2) is 3.90. The number of halogens is 1. The van der Waals surface area contributed by atoms with Crippen LogP contribution in [0, 0.1) is 11.7 Å². The third kappa shape index (κ3) is 2.10. The fraction of sp³-hybridized carbons (Fsp3) is 0.273. The lowest BCUT2D eigenvalue weighted by molar-refractivity contribution is 0.0942. The van der Waals surface area contributed by atoms with E-state index in [-0.39, 0.29) is 17.7 Å². The van der Waals surface area contributed by atoms with Crippen LogP contribution < -0.4 is 5.73 Å². The van der Waals surface area contributed by atoms with Crippen LogP contribution in [0.3, 0.4) is 0 Å². The summed E-state index contributed by atoms with van der Waals surface area (Å²) < 4.78 is 12.8. The molecular weight excluding hydrogens is 195 g/mol. The van der Waals surface area contributed by atoms with Gasteiger partial charge in [-0.3, -0.25) is 9.78 Å². The van der Waals surface area contributed by atoms with Gasteiger partial charge in [-0.05, 0) is 12.5 Å². The number of carbonyl (C=O) groups excluding carboxylic acids is 1. The van der Waals surface area contributed by atoms with Gasteiger partial charge in [-0.25, -0.2) is 4.39 Å². The summed E-state index contributed by atoms with van der Waals surface area (Å²) in [6.45, 7) is 0. The third-order valence-electron chi connectivity index (χ3n) is 2.44. The van der Waals surface area contributed by atoms with Crippen LogP contribution in [0.5, 0.6) is 0 Å². The lowest BCUT2D eigenvalue weighted by Gasteiger charge is -2.07. The van der Waals surface area contributed by atoms with Crippen molar-refractivity contribution >= 4 is 5.78 Å². The van der Waals surface area contributed by atoms with Crippen LogP contribution in [0.25, 0.3) is 0 Å². The Morgan fingerprint density at radius 3 is 2.87 bits per heavy atom. The van der Waals surface area contributed by atoms with Gasteiger partial charge in [0.25, 0.3) is 0 Å². The number of aromatic nitrogens is 1. The van der Waals surface area contributed by atoms with Crippen molar-refractivity contribution in [2.75, 3.05) is 0 Å². The van der Waals surface area contributed by atoms with E-state index in [1.54, 1.807) is 12.2 Å². The fourth-order valence-corrected chi connectivity index (χ4v) is 1.68. The van der Waals surface area contributed by atoms with E-state index < -0.39 is 5.82 Å². The lowest BCUT2D eigenvalue weighted by Crippen LogP contribution is -2.19. The van der Waals surface area contributed by atoms with Crippen LogP contribution in [0.4, 0.5) is 4.39 Å². The van der Waals surface area contributed by atoms with Gasteiger partial charge in [-0.2, -0.15) is 0 Å². The van der Waals surface area contributed by atoms with Crippen LogP contribution >= 0.6 is 0 Å². The molecule has 0 radical (unpaired) electrons. The number of rotatable bonds is 2. The predicted molar refractivity (Wildman–Crippen MR) is 53.7 cm³/mol. The minimum absolute atomic E-state index is 0.0690. The molecule has 0 saturated carbocycles. The molecule has 0 aliphatic heterocycles. The van der Waals surface area contributed by atoms with Crippen molar-refractivity contribution in [3.63, 3.8) is 0 Å². The van der Waals surface area contributed by atoms with Crippen LogP contribution in [0.1, 0.15) is 16.8 Å². The minimum atomic E-state index is -0.493. The maximum Gasteiger partial charge on any atom is 0.171 e. The average Bonchev–Trinajstić information content (AvgIpc) is 2.64. The van der Waals surface area contributed by atoms with E-state index in [2.05, 4.69) is 4.98 Å². The van der Waals surface area contributed by atoms with E-state index >= 15 is 0 Å². The van der Waals surface area contributed by atoms with E-state index in [0.29, 0.717) is 12.0 Å². The van der Waals surface area contributed by atoms with E-state index in [0.717, 1.165) is 6.20 Å². The number of allylic oxidation sites excluding steroid dienone is 1. The molecule has 0 saturated heterocycles. The van der Waals surface area contributed by atoms with Gasteiger partial charge in [0.2, 0.25) is 0 Å². The predicted octanol–water partition coefficient (Wildman–Crippen LogP) is 1.31. The molecule has 3 nitrogen and oxygen atoms in total. The second-order valence-corrected chi connectivity index (χ2v) is 3.65. The van der Waals surface area contributed by atoms with Crippen molar-refractivity contribution in [2.24, 2.45) is 11.7 Å². The zero-order valence-corrected chi connectivity index (χ0v) is 8.06. The summed E-state index contributed by atoms with van der Waals surface area (Å²) in [5, 5.41) is 0. The maximum absolute atomic E-state index is 12.8. The van der Waals surface area contributed by atoms with Gasteiger partial charge in [0.05, 0.1) is 6.20 Å². The quantitative estimate of drug-likeness (QED) is 0.586. The summed E-state index contributed by atoms with van der Waals surface area (Å²) in [4.78, 5) is 15.5. The highest BCUT2D eigenvalue weighted by Gasteiger charge is 2.24. The fourth-order valence-electron chi connectivity index (χ4n) is 1.68. The zero-order chi connectivity index (χ0) is 10.8. The molecule has 0 amide bonds. The molecule has 1 aliphatic rings. The molecule has 2 unspecified atom stereocenters. The summed E-state index contributed by atoms with van der Waals surface area (Å²) in [6, 6.07) is 1.13. The van der Waals surface area contributed by atoms with Gasteiger partial charge in [-0.1, -0.05) is 12.2 Å². The molecule has 2 N–H and O–H groups in total. The number of nitrogens with zero attached hydrogens (tertiary/aromatic N) is 1. The summed E-state index contributed by atoms with van der Waals surface area (Å²) in [7, 11) is 0. The molecule has 0 fully saturated rings. The minimum Gasteiger partial charge on any atom is -0.324 e. The molecule has 2 atom stereocenters. The van der Waals surface area contributed by atoms with Crippen LogP contribution in [-0.4, -0.2) is 16.8 Å². The average molecular weight is 206 g/mol. The smallest absolute Gasteiger partial charge is 0.171 e. The summed E-state index contributed by atoms with van der Waals surface area (Å²) in [5.41, 5.74) is 5.95. The third-order valence-corrected chi connectivity index (χ3v) is 2.44. The van der Waals surface area contributed by atoms with Crippen molar-refractivity contribution in [1.29, 1.82) is 0 Å². The molecule has 0 aromatic carbocycles. The maximum atomic E-state index is 12.8. The number of hydrogen-bond acceptors (Lipinski definition) is 3. The largest absolute Gasteiger partial charge is 0.324 e. The van der Waals surface area contributed by atoms with E-state index in [1.807, 2.05) is 0 Å². The first-order chi connectivity index (χ1) is 7.16. The molecule has 15 heavy (non-hydrogen) atoms. The molecule has 2 rings (SSSR count). The standard InChI is InChI=1S/C11H11FN2O/c12-9-3-8(5-14-6-9)11(15)7-1-2-10(13)4-7/h1-3,5-7,10H,4,13H2. The number of nitrogens with two attached hydrogens (primary N) is 1. The van der Waals surface area contributed by atoms with Gasteiger partial charge >= 0.3 is 0 Å². The molecule has 0 spiro atoms. The number of hydrogen-bond donors (Lipinski definition) is 1. The van der Waals surface area contributed by atoms with E-state index in [4.69, 9.17) is 5.73 Å². The van der Waals surface area contributed by atoms with Crippen molar-refractivity contribution in [3.8, 4) is 0 Å². The topological polar surface area (TPSA) is 56.0 Å². The van der Waals surface area contributed by atoms with Crippen LogP contribution in [0.2, 0.25) is 0 Å². The molecular formula is C11H11FN2O. The van der Waals surface area contributed by atoms with Gasteiger partial charge < -0.3 is 5.73 Å². The first-order valence-corrected chi connectivity index (χ1v) is 4.75. The number of ketones is 1. The Morgan fingerprint density at radius 1 is 1.47 bits per heavy atom. The van der Waals surface area contributed by atoms with Crippen molar-refractivity contribution in [1.82, 2.24) is 4.98 Å². The molecule has 0 bridgehead atoms. The van der Waals surface area contributed by atoms with Gasteiger partial charge in [0, 0.05) is 23.7 Å². The van der Waals surface area contributed by atoms with E-state index in [9.17, 15) is 9.18 Å². The van der Waals surface area contributed by atoms with Gasteiger partial charge in [0.15, 0.2) is 5.78 Å². The normalized spacial score (nSPS) is 24.4. The molecule has 1 aromatic rings. The van der Waals surface area contributed by atoms with Gasteiger partial charge in [-0.15, -0.1) is 0 Å². The first kappa shape index (κ1) is 9.98. The Hall–Kier alpha value is -1.55. The Labute approximate surface area is 86.8 Å². The van der Waals surface area contributed by atoms with Gasteiger partial charge in [0.1, 0.15) is 5.82 Å². The Kier molecular flexibility index (Phi) is 2.60. The Bertz CT molecular complexity index is 417. The van der Waals surface area contributed by atoms with Crippen molar-refractivity contribution in [2.45, 2.75) is 12.5 Å². The van der Waals surface area contributed by atoms with Crippen molar-refractivity contribution < 1.29 is 9.18 Å². The molecule has 1 aliphatic carbocycles. The molecule has 4 heteroatoms. The second-order valence-electron chi connectivity index (χ2n) is 3.65. The Morgan fingerprint density at radius 2 is 2.27 bits per heavy atom. The molecule has 78 valence electrons. The summed E-state index contributed by atoms with van der Waals surface area (Å²) in [6.07, 6.45) is 6.62. The van der Waals surface area contributed by atoms with Crippen molar-refractivity contribution in [3.05, 3.63) is 42.0 Å². The number of carbonyl (C=O) groups is 1. The van der Waals surface area contributed by atoms with Crippen LogP contribution in [-0.2, 0) is 0 Å². The number of Topliss-reactive ketones (excluding diaryl/α,β-unsaturated/α-hetero) is 1. The highest BCUT2D eigenvalue weighted by atomic mass is 19.1. The molecule has 1 aromatic heterocycles. The number of pyridine rings is 1.